The second kappa shape index (κ2) is 6.15. The van der Waals surface area contributed by atoms with Gasteiger partial charge in [0.15, 0.2) is 0 Å². The third kappa shape index (κ3) is 3.56. The summed E-state index contributed by atoms with van der Waals surface area (Å²) in [6.07, 6.45) is 1.62. The molecule has 0 radical (unpaired) electrons. The Bertz CT molecular complexity index is 428. The van der Waals surface area contributed by atoms with Crippen molar-refractivity contribution >= 4 is 11.6 Å². The van der Waals surface area contributed by atoms with Gasteiger partial charge >= 0.3 is 0 Å². The van der Waals surface area contributed by atoms with Crippen molar-refractivity contribution < 1.29 is 14.8 Å². The van der Waals surface area contributed by atoms with Crippen molar-refractivity contribution in [3.05, 3.63) is 28.1 Å². The van der Waals surface area contributed by atoms with E-state index in [0.717, 1.165) is 0 Å². The number of nitro groups is 1. The maximum absolute atomic E-state index is 11.8. The van der Waals surface area contributed by atoms with Gasteiger partial charge in [-0.05, 0) is 12.3 Å². The third-order valence-corrected chi connectivity index (χ3v) is 2.68. The smallest absolute Gasteiger partial charge is 0.287 e. The van der Waals surface area contributed by atoms with Gasteiger partial charge in [0.25, 0.3) is 11.6 Å². The van der Waals surface area contributed by atoms with Gasteiger partial charge in [0.2, 0.25) is 0 Å². The fraction of sp³-hybridized carbons (Fsp3) is 0.545. The van der Waals surface area contributed by atoms with Crippen LogP contribution in [0, 0.1) is 16.0 Å². The lowest BCUT2D eigenvalue weighted by atomic mass is 10.0. The summed E-state index contributed by atoms with van der Waals surface area (Å²) in [6, 6.07) is 1.02. The van der Waals surface area contributed by atoms with Crippen LogP contribution in [0.2, 0.25) is 0 Å². The molecule has 1 aromatic heterocycles. The Balaban J connectivity index is 2.71. The topological polar surface area (TPSA) is 108 Å². The fourth-order valence-electron chi connectivity index (χ4n) is 1.58. The monoisotopic (exact) mass is 255 g/mol. The average Bonchev–Trinajstić information content (AvgIpc) is 2.77. The number of aliphatic hydroxyl groups excluding tert-OH is 1. The molecule has 7 nitrogen and oxygen atoms in total. The van der Waals surface area contributed by atoms with Crippen molar-refractivity contribution in [3.8, 4) is 0 Å². The number of amides is 1. The van der Waals surface area contributed by atoms with Crippen LogP contribution < -0.4 is 5.32 Å². The Hall–Kier alpha value is -1.89. The Morgan fingerprint density at radius 3 is 2.72 bits per heavy atom. The zero-order valence-corrected chi connectivity index (χ0v) is 10.3. The maximum atomic E-state index is 11.8. The minimum absolute atomic E-state index is 0.0198. The van der Waals surface area contributed by atoms with Gasteiger partial charge < -0.3 is 15.4 Å². The Morgan fingerprint density at radius 1 is 1.61 bits per heavy atom. The van der Waals surface area contributed by atoms with E-state index in [4.69, 9.17) is 5.11 Å². The SMILES string of the molecule is CC(C)C(CCO)NC(=O)c1cc([N+](=O)[O-])c[nH]1. The molecule has 0 bridgehead atoms. The van der Waals surface area contributed by atoms with E-state index in [-0.39, 0.29) is 29.9 Å². The number of nitrogens with one attached hydrogen (secondary N) is 2. The van der Waals surface area contributed by atoms with Gasteiger partial charge in [0, 0.05) is 18.7 Å². The van der Waals surface area contributed by atoms with Crippen molar-refractivity contribution in [1.82, 2.24) is 10.3 Å². The molecule has 1 heterocycles. The number of aromatic nitrogens is 1. The van der Waals surface area contributed by atoms with Crippen LogP contribution in [0.1, 0.15) is 30.8 Å². The number of hydrogen-bond acceptors (Lipinski definition) is 4. The zero-order chi connectivity index (χ0) is 13.7. The summed E-state index contributed by atoms with van der Waals surface area (Å²) in [7, 11) is 0. The number of aromatic amines is 1. The van der Waals surface area contributed by atoms with Gasteiger partial charge in [-0.3, -0.25) is 14.9 Å². The molecular formula is C11H17N3O4. The molecule has 100 valence electrons. The third-order valence-electron chi connectivity index (χ3n) is 2.68. The Labute approximate surface area is 104 Å². The summed E-state index contributed by atoms with van der Waals surface area (Å²) in [4.78, 5) is 24.3. The van der Waals surface area contributed by atoms with Crippen LogP contribution >= 0.6 is 0 Å². The van der Waals surface area contributed by atoms with E-state index < -0.39 is 10.8 Å². The average molecular weight is 255 g/mol. The molecule has 1 unspecified atom stereocenters. The molecule has 0 fully saturated rings. The van der Waals surface area contributed by atoms with Crippen LogP contribution in [-0.4, -0.2) is 33.6 Å². The Morgan fingerprint density at radius 2 is 2.28 bits per heavy atom. The fourth-order valence-corrected chi connectivity index (χ4v) is 1.58. The first-order valence-electron chi connectivity index (χ1n) is 5.70. The molecule has 1 aromatic rings. The molecule has 0 saturated heterocycles. The van der Waals surface area contributed by atoms with Gasteiger partial charge in [-0.25, -0.2) is 0 Å². The highest BCUT2D eigenvalue weighted by atomic mass is 16.6. The quantitative estimate of drug-likeness (QED) is 0.521. The normalized spacial score (nSPS) is 12.4. The zero-order valence-electron chi connectivity index (χ0n) is 10.3. The second-order valence-electron chi connectivity index (χ2n) is 4.36. The van der Waals surface area contributed by atoms with Crippen LogP contribution in [0.25, 0.3) is 0 Å². The summed E-state index contributed by atoms with van der Waals surface area (Å²) in [6.45, 7) is 3.84. The van der Waals surface area contributed by atoms with Gasteiger partial charge in [-0.15, -0.1) is 0 Å². The van der Waals surface area contributed by atoms with E-state index in [2.05, 4.69) is 10.3 Å². The first-order chi connectivity index (χ1) is 8.45. The molecule has 0 saturated carbocycles. The lowest BCUT2D eigenvalue weighted by molar-refractivity contribution is -0.384. The molecule has 1 rings (SSSR count). The highest BCUT2D eigenvalue weighted by Gasteiger charge is 2.19. The summed E-state index contributed by atoms with van der Waals surface area (Å²) in [5.41, 5.74) is -0.00584. The van der Waals surface area contributed by atoms with E-state index >= 15 is 0 Å². The number of rotatable bonds is 6. The Kier molecular flexibility index (Phi) is 4.85. The highest BCUT2D eigenvalue weighted by Crippen LogP contribution is 2.13. The first-order valence-corrected chi connectivity index (χ1v) is 5.70. The van der Waals surface area contributed by atoms with Crippen LogP contribution in [0.3, 0.4) is 0 Å². The van der Waals surface area contributed by atoms with Gasteiger partial charge in [-0.1, -0.05) is 13.8 Å². The standard InChI is InChI=1S/C11H17N3O4/c1-7(2)9(3-4-15)13-11(16)10-5-8(6-12-10)14(17)18/h5-7,9,12,15H,3-4H2,1-2H3,(H,13,16). The lowest BCUT2D eigenvalue weighted by Gasteiger charge is -2.20. The van der Waals surface area contributed by atoms with Gasteiger partial charge in [0.05, 0.1) is 11.1 Å². The van der Waals surface area contributed by atoms with Crippen molar-refractivity contribution in [1.29, 1.82) is 0 Å². The van der Waals surface area contributed by atoms with Crippen LogP contribution in [-0.2, 0) is 0 Å². The molecule has 18 heavy (non-hydrogen) atoms. The summed E-state index contributed by atoms with van der Waals surface area (Å²) in [5, 5.41) is 22.1. The number of carbonyl (C=O) groups excluding carboxylic acids is 1. The number of nitrogens with zero attached hydrogens (tertiary/aromatic N) is 1. The molecule has 0 aliphatic rings. The van der Waals surface area contributed by atoms with Crippen LogP contribution in [0.15, 0.2) is 12.3 Å². The number of hydrogen-bond donors (Lipinski definition) is 3. The molecule has 7 heteroatoms. The maximum Gasteiger partial charge on any atom is 0.287 e. The van der Waals surface area contributed by atoms with Crippen LogP contribution in [0.5, 0.6) is 0 Å². The molecule has 0 aliphatic heterocycles. The van der Waals surface area contributed by atoms with E-state index in [0.29, 0.717) is 6.42 Å². The highest BCUT2D eigenvalue weighted by molar-refractivity contribution is 5.93. The molecule has 0 aromatic carbocycles. The molecular weight excluding hydrogens is 238 g/mol. The van der Waals surface area contributed by atoms with Gasteiger partial charge in [-0.2, -0.15) is 0 Å². The number of carbonyl (C=O) groups is 1. The van der Waals surface area contributed by atoms with Crippen molar-refractivity contribution in [2.75, 3.05) is 6.61 Å². The van der Waals surface area contributed by atoms with Crippen molar-refractivity contribution in [3.63, 3.8) is 0 Å². The second-order valence-corrected chi connectivity index (χ2v) is 4.36. The number of aliphatic hydroxyl groups is 1. The first kappa shape index (κ1) is 14.2. The van der Waals surface area contributed by atoms with Crippen LogP contribution in [0.4, 0.5) is 5.69 Å². The van der Waals surface area contributed by atoms with Gasteiger partial charge in [0.1, 0.15) is 5.69 Å². The van der Waals surface area contributed by atoms with E-state index in [9.17, 15) is 14.9 Å². The van der Waals surface area contributed by atoms with E-state index in [1.807, 2.05) is 13.8 Å². The predicted molar refractivity (Wildman–Crippen MR) is 65.2 cm³/mol. The minimum atomic E-state index is -0.569. The molecule has 0 spiro atoms. The summed E-state index contributed by atoms with van der Waals surface area (Å²) in [5.74, 6) is -0.235. The van der Waals surface area contributed by atoms with Crippen molar-refractivity contribution in [2.45, 2.75) is 26.3 Å². The largest absolute Gasteiger partial charge is 0.396 e. The number of H-pyrrole nitrogens is 1. The molecule has 1 amide bonds. The lowest BCUT2D eigenvalue weighted by Crippen LogP contribution is -2.39. The molecule has 3 N–H and O–H groups in total. The molecule has 0 aliphatic carbocycles. The van der Waals surface area contributed by atoms with E-state index in [1.54, 1.807) is 0 Å². The summed E-state index contributed by atoms with van der Waals surface area (Å²) >= 11 is 0. The summed E-state index contributed by atoms with van der Waals surface area (Å²) < 4.78 is 0. The predicted octanol–water partition coefficient (Wildman–Crippen LogP) is 1.06. The molecule has 1 atom stereocenters. The minimum Gasteiger partial charge on any atom is -0.396 e. The van der Waals surface area contributed by atoms with Crippen molar-refractivity contribution in [2.24, 2.45) is 5.92 Å². The van der Waals surface area contributed by atoms with E-state index in [1.165, 1.54) is 12.3 Å².